The maximum atomic E-state index is 13.1. The number of carbonyl (C=O) groups excluding carboxylic acids is 2. The molecule has 0 spiro atoms. The smallest absolute Gasteiger partial charge is 0.242 e. The number of halogens is 1. The van der Waals surface area contributed by atoms with Crippen LogP contribution < -0.4 is 5.32 Å². The van der Waals surface area contributed by atoms with Crippen molar-refractivity contribution in [3.8, 4) is 0 Å². The third kappa shape index (κ3) is 6.57. The summed E-state index contributed by atoms with van der Waals surface area (Å²) in [4.78, 5) is 26.1. The minimum absolute atomic E-state index is 0.0411. The van der Waals surface area contributed by atoms with Crippen molar-refractivity contribution >= 4 is 21.8 Å². The van der Waals surface area contributed by atoms with E-state index >= 15 is 0 Å². The van der Waals surface area contributed by atoms with Gasteiger partial charge in [0.1, 0.15) is 11.9 Å². The molecule has 0 fully saturated rings. The van der Waals surface area contributed by atoms with Gasteiger partial charge in [-0.2, -0.15) is 4.31 Å². The fourth-order valence-electron chi connectivity index (χ4n) is 2.09. The van der Waals surface area contributed by atoms with Crippen LogP contribution in [0.5, 0.6) is 0 Å². The Morgan fingerprint density at radius 3 is 2.38 bits per heavy atom. The summed E-state index contributed by atoms with van der Waals surface area (Å²) in [5.74, 6) is -1.36. The van der Waals surface area contributed by atoms with Crippen molar-refractivity contribution in [3.63, 3.8) is 0 Å². The predicted molar refractivity (Wildman–Crippen MR) is 97.1 cm³/mol. The average molecular weight is 385 g/mol. The highest BCUT2D eigenvalue weighted by atomic mass is 32.2. The Morgan fingerprint density at radius 2 is 1.88 bits per heavy atom. The molecule has 0 aliphatic heterocycles. The SMILES string of the molecule is C=CCNC(=O)C(C)N(Cc1ccc(F)cc1)C(=O)CN(C)S(C)(=O)=O. The van der Waals surface area contributed by atoms with Crippen molar-refractivity contribution in [2.75, 3.05) is 26.4 Å². The lowest BCUT2D eigenvalue weighted by Crippen LogP contribution is -2.50. The van der Waals surface area contributed by atoms with Gasteiger partial charge < -0.3 is 10.2 Å². The molecule has 1 N–H and O–H groups in total. The molecule has 1 aromatic carbocycles. The van der Waals surface area contributed by atoms with Gasteiger partial charge in [-0.15, -0.1) is 6.58 Å². The van der Waals surface area contributed by atoms with Gasteiger partial charge in [0, 0.05) is 20.1 Å². The largest absolute Gasteiger partial charge is 0.351 e. The van der Waals surface area contributed by atoms with Gasteiger partial charge in [-0.05, 0) is 24.6 Å². The molecule has 0 aliphatic carbocycles. The second-order valence-corrected chi connectivity index (χ2v) is 7.97. The molecule has 1 rings (SSSR count). The van der Waals surface area contributed by atoms with Crippen LogP contribution in [0.2, 0.25) is 0 Å². The van der Waals surface area contributed by atoms with Crippen molar-refractivity contribution in [1.82, 2.24) is 14.5 Å². The Morgan fingerprint density at radius 1 is 1.31 bits per heavy atom. The molecular weight excluding hydrogens is 361 g/mol. The van der Waals surface area contributed by atoms with E-state index in [0.29, 0.717) is 5.56 Å². The molecule has 144 valence electrons. The van der Waals surface area contributed by atoms with E-state index in [1.165, 1.54) is 42.3 Å². The second kappa shape index (κ2) is 9.44. The number of likely N-dealkylation sites (N-methyl/N-ethyl adjacent to an activating group) is 1. The lowest BCUT2D eigenvalue weighted by atomic mass is 10.1. The fraction of sp³-hybridized carbons (Fsp3) is 0.412. The minimum Gasteiger partial charge on any atom is -0.351 e. The Hall–Kier alpha value is -2.26. The van der Waals surface area contributed by atoms with E-state index in [4.69, 9.17) is 0 Å². The highest BCUT2D eigenvalue weighted by Gasteiger charge is 2.28. The summed E-state index contributed by atoms with van der Waals surface area (Å²) in [5.41, 5.74) is 0.616. The van der Waals surface area contributed by atoms with Gasteiger partial charge in [-0.25, -0.2) is 12.8 Å². The van der Waals surface area contributed by atoms with Crippen molar-refractivity contribution < 1.29 is 22.4 Å². The molecule has 0 aliphatic rings. The van der Waals surface area contributed by atoms with Crippen molar-refractivity contribution in [2.45, 2.75) is 19.5 Å². The Labute approximate surface area is 153 Å². The highest BCUT2D eigenvalue weighted by molar-refractivity contribution is 7.88. The first-order chi connectivity index (χ1) is 12.1. The van der Waals surface area contributed by atoms with Crippen LogP contribution >= 0.6 is 0 Å². The Kier molecular flexibility index (Phi) is 7.91. The number of nitrogens with zero attached hydrogens (tertiary/aromatic N) is 2. The van der Waals surface area contributed by atoms with E-state index in [0.717, 1.165) is 10.6 Å². The van der Waals surface area contributed by atoms with Crippen LogP contribution in [0.15, 0.2) is 36.9 Å². The molecule has 1 aromatic rings. The Bertz CT molecular complexity index is 750. The predicted octanol–water partition coefficient (Wildman–Crippen LogP) is 0.736. The van der Waals surface area contributed by atoms with E-state index < -0.39 is 40.2 Å². The zero-order valence-corrected chi connectivity index (χ0v) is 15.9. The van der Waals surface area contributed by atoms with Crippen LogP contribution in [-0.4, -0.2) is 61.9 Å². The molecule has 0 bridgehead atoms. The normalized spacial score (nSPS) is 12.5. The molecule has 26 heavy (non-hydrogen) atoms. The maximum absolute atomic E-state index is 13.1. The van der Waals surface area contributed by atoms with Crippen molar-refractivity contribution in [3.05, 3.63) is 48.3 Å². The molecule has 0 aromatic heterocycles. The lowest BCUT2D eigenvalue weighted by molar-refractivity contribution is -0.140. The zero-order valence-electron chi connectivity index (χ0n) is 15.1. The molecule has 7 nitrogen and oxygen atoms in total. The van der Waals surface area contributed by atoms with Crippen molar-refractivity contribution in [2.24, 2.45) is 0 Å². The molecule has 0 saturated carbocycles. The molecular formula is C17H24FN3O4S. The molecule has 2 amide bonds. The van der Waals surface area contributed by atoms with Gasteiger partial charge in [-0.1, -0.05) is 18.2 Å². The van der Waals surface area contributed by atoms with Crippen LogP contribution in [0, 0.1) is 5.82 Å². The summed E-state index contributed by atoms with van der Waals surface area (Å²) in [6, 6.07) is 4.67. The van der Waals surface area contributed by atoms with E-state index in [-0.39, 0.29) is 13.1 Å². The average Bonchev–Trinajstić information content (AvgIpc) is 2.57. The van der Waals surface area contributed by atoms with Gasteiger partial charge in [0.25, 0.3) is 0 Å². The number of carbonyl (C=O) groups is 2. The molecule has 0 heterocycles. The zero-order chi connectivity index (χ0) is 19.9. The minimum atomic E-state index is -3.55. The summed E-state index contributed by atoms with van der Waals surface area (Å²) in [6.07, 6.45) is 2.50. The van der Waals surface area contributed by atoms with Crippen LogP contribution in [0.25, 0.3) is 0 Å². The van der Waals surface area contributed by atoms with Gasteiger partial charge >= 0.3 is 0 Å². The van der Waals surface area contributed by atoms with E-state index in [1.54, 1.807) is 6.92 Å². The number of amides is 2. The van der Waals surface area contributed by atoms with Gasteiger partial charge in [0.05, 0.1) is 12.8 Å². The quantitative estimate of drug-likeness (QED) is 0.635. The van der Waals surface area contributed by atoms with E-state index in [9.17, 15) is 22.4 Å². The lowest BCUT2D eigenvalue weighted by Gasteiger charge is -2.30. The molecule has 9 heteroatoms. The summed E-state index contributed by atoms with van der Waals surface area (Å²) in [5, 5.41) is 2.60. The first-order valence-electron chi connectivity index (χ1n) is 7.90. The molecule has 1 unspecified atom stereocenters. The molecule has 1 atom stereocenters. The number of nitrogens with one attached hydrogen (secondary N) is 1. The monoisotopic (exact) mass is 385 g/mol. The highest BCUT2D eigenvalue weighted by Crippen LogP contribution is 2.11. The fourth-order valence-corrected chi connectivity index (χ4v) is 2.43. The van der Waals surface area contributed by atoms with Gasteiger partial charge in [-0.3, -0.25) is 9.59 Å². The summed E-state index contributed by atoms with van der Waals surface area (Å²) < 4.78 is 37.1. The number of benzene rings is 1. The standard InChI is InChI=1S/C17H24FN3O4S/c1-5-10-19-17(23)13(2)21(11-14-6-8-15(18)9-7-14)16(22)12-20(3)26(4,24)25/h5-9,13H,1,10-12H2,2-4H3,(H,19,23). The third-order valence-electron chi connectivity index (χ3n) is 3.78. The summed E-state index contributed by atoms with van der Waals surface area (Å²) in [6.45, 7) is 4.93. The molecule has 0 radical (unpaired) electrons. The van der Waals surface area contributed by atoms with Gasteiger partial charge in [0.2, 0.25) is 21.8 Å². The number of hydrogen-bond donors (Lipinski definition) is 1. The second-order valence-electron chi connectivity index (χ2n) is 5.88. The van der Waals surface area contributed by atoms with E-state index in [1.807, 2.05) is 0 Å². The number of rotatable bonds is 9. The van der Waals surface area contributed by atoms with E-state index in [2.05, 4.69) is 11.9 Å². The van der Waals surface area contributed by atoms with Crippen LogP contribution in [-0.2, 0) is 26.2 Å². The maximum Gasteiger partial charge on any atom is 0.242 e. The van der Waals surface area contributed by atoms with Crippen LogP contribution in [0.1, 0.15) is 12.5 Å². The topological polar surface area (TPSA) is 86.8 Å². The van der Waals surface area contributed by atoms with Crippen molar-refractivity contribution in [1.29, 1.82) is 0 Å². The molecule has 0 saturated heterocycles. The van der Waals surface area contributed by atoms with Gasteiger partial charge in [0.15, 0.2) is 0 Å². The van der Waals surface area contributed by atoms with Crippen LogP contribution in [0.4, 0.5) is 4.39 Å². The number of hydrogen-bond acceptors (Lipinski definition) is 4. The first-order valence-corrected chi connectivity index (χ1v) is 9.75. The summed E-state index contributed by atoms with van der Waals surface area (Å²) >= 11 is 0. The Balaban J connectivity index is 3.03. The summed E-state index contributed by atoms with van der Waals surface area (Å²) in [7, 11) is -2.26. The van der Waals surface area contributed by atoms with Crippen LogP contribution in [0.3, 0.4) is 0 Å². The first kappa shape index (κ1) is 21.8. The number of sulfonamides is 1. The third-order valence-corrected chi connectivity index (χ3v) is 5.04.